The summed E-state index contributed by atoms with van der Waals surface area (Å²) in [5.74, 6) is 0.180. The Morgan fingerprint density at radius 2 is 2.16 bits per heavy atom. The van der Waals surface area contributed by atoms with Crippen LogP contribution in [0.4, 0.5) is 5.69 Å². The largest absolute Gasteiger partial charge is 0.485 e. The van der Waals surface area contributed by atoms with E-state index >= 15 is 0 Å². The van der Waals surface area contributed by atoms with Crippen LogP contribution in [0.1, 0.15) is 26.3 Å². The molecule has 102 valence electrons. The van der Waals surface area contributed by atoms with Crippen molar-refractivity contribution >= 4 is 5.69 Å². The molecule has 1 N–H and O–H groups in total. The maximum Gasteiger partial charge on any atom is 0.312 e. The van der Waals surface area contributed by atoms with Crippen molar-refractivity contribution in [3.05, 3.63) is 33.9 Å². The summed E-state index contributed by atoms with van der Waals surface area (Å²) >= 11 is 0. The van der Waals surface area contributed by atoms with E-state index in [2.05, 4.69) is 5.32 Å². The van der Waals surface area contributed by atoms with E-state index in [1.54, 1.807) is 0 Å². The van der Waals surface area contributed by atoms with Crippen molar-refractivity contribution in [2.24, 2.45) is 0 Å². The molecule has 0 radical (unpaired) electrons. The lowest BCUT2D eigenvalue weighted by Crippen LogP contribution is -2.38. The fourth-order valence-electron chi connectivity index (χ4n) is 1.44. The maximum absolute atomic E-state index is 10.9. The molecule has 6 heteroatoms. The number of hydrogen-bond acceptors (Lipinski definition) is 5. The Bertz CT molecular complexity index is 501. The molecule has 1 aromatic rings. The van der Waals surface area contributed by atoms with Gasteiger partial charge in [-0.25, -0.2) is 0 Å². The second-order valence-electron chi connectivity index (χ2n) is 5.08. The Kier molecular flexibility index (Phi) is 4.84. The van der Waals surface area contributed by atoms with Gasteiger partial charge in [-0.1, -0.05) is 0 Å². The molecule has 0 bridgehead atoms. The zero-order chi connectivity index (χ0) is 14.5. The number of nitriles is 1. The van der Waals surface area contributed by atoms with Crippen LogP contribution in [0.25, 0.3) is 0 Å². The van der Waals surface area contributed by atoms with Gasteiger partial charge in [0.25, 0.3) is 0 Å². The summed E-state index contributed by atoms with van der Waals surface area (Å²) in [6.07, 6.45) is 0. The number of rotatable bonds is 5. The molecule has 0 fully saturated rings. The van der Waals surface area contributed by atoms with Crippen LogP contribution in [0, 0.1) is 21.4 Å². The van der Waals surface area contributed by atoms with Crippen LogP contribution in [-0.2, 0) is 0 Å². The number of benzene rings is 1. The van der Waals surface area contributed by atoms with E-state index in [-0.39, 0.29) is 22.5 Å². The molecule has 0 amide bonds. The summed E-state index contributed by atoms with van der Waals surface area (Å²) in [6.45, 7) is 6.98. The van der Waals surface area contributed by atoms with Crippen LogP contribution in [0.2, 0.25) is 0 Å². The Morgan fingerprint density at radius 1 is 1.47 bits per heavy atom. The summed E-state index contributed by atoms with van der Waals surface area (Å²) in [5.41, 5.74) is 0.0293. The number of hydrogen-bond donors (Lipinski definition) is 1. The Labute approximate surface area is 112 Å². The number of nitrogens with one attached hydrogen (secondary N) is 1. The van der Waals surface area contributed by atoms with Gasteiger partial charge in [-0.05, 0) is 32.9 Å². The molecular weight excluding hydrogens is 246 g/mol. The fourth-order valence-corrected chi connectivity index (χ4v) is 1.44. The van der Waals surface area contributed by atoms with E-state index in [4.69, 9.17) is 10.00 Å². The minimum Gasteiger partial charge on any atom is -0.485 e. The van der Waals surface area contributed by atoms with Gasteiger partial charge in [0.05, 0.1) is 16.6 Å². The quantitative estimate of drug-likeness (QED) is 0.500. The number of nitro groups is 1. The summed E-state index contributed by atoms with van der Waals surface area (Å²) in [5, 5.41) is 22.8. The first-order valence-electron chi connectivity index (χ1n) is 5.90. The van der Waals surface area contributed by atoms with E-state index < -0.39 is 4.92 Å². The third kappa shape index (κ3) is 4.94. The van der Waals surface area contributed by atoms with Crippen molar-refractivity contribution in [3.8, 4) is 11.8 Å². The van der Waals surface area contributed by atoms with Crippen molar-refractivity contribution in [1.82, 2.24) is 5.32 Å². The first-order chi connectivity index (χ1) is 8.83. The molecule has 0 aromatic heterocycles. The predicted octanol–water partition coefficient (Wildman–Crippen LogP) is 2.23. The highest BCUT2D eigenvalue weighted by Crippen LogP contribution is 2.27. The van der Waals surface area contributed by atoms with E-state index in [1.807, 2.05) is 26.8 Å². The van der Waals surface area contributed by atoms with Gasteiger partial charge in [0.15, 0.2) is 5.75 Å². The molecule has 1 rings (SSSR count). The van der Waals surface area contributed by atoms with Gasteiger partial charge in [-0.2, -0.15) is 5.26 Å². The molecule has 0 spiro atoms. The van der Waals surface area contributed by atoms with Gasteiger partial charge in [-0.3, -0.25) is 10.1 Å². The average molecular weight is 263 g/mol. The summed E-state index contributed by atoms with van der Waals surface area (Å²) < 4.78 is 5.38. The molecule has 0 saturated carbocycles. The predicted molar refractivity (Wildman–Crippen MR) is 71.1 cm³/mol. The van der Waals surface area contributed by atoms with Crippen molar-refractivity contribution in [1.29, 1.82) is 5.26 Å². The van der Waals surface area contributed by atoms with Crippen molar-refractivity contribution in [2.45, 2.75) is 26.3 Å². The van der Waals surface area contributed by atoms with Crippen LogP contribution in [0.5, 0.6) is 5.75 Å². The van der Waals surface area contributed by atoms with Gasteiger partial charge in [0.1, 0.15) is 6.61 Å². The minimum absolute atomic E-state index is 0.0278. The molecule has 0 aliphatic heterocycles. The van der Waals surface area contributed by atoms with Crippen LogP contribution < -0.4 is 10.1 Å². The average Bonchev–Trinajstić information content (AvgIpc) is 2.33. The van der Waals surface area contributed by atoms with E-state index in [1.165, 1.54) is 18.2 Å². The topological polar surface area (TPSA) is 88.2 Å². The SMILES string of the molecule is CC(C)(C)NCCOc1ccc(C#N)cc1[N+](=O)[O-]. The van der Waals surface area contributed by atoms with E-state index in [9.17, 15) is 10.1 Å². The van der Waals surface area contributed by atoms with E-state index in [0.717, 1.165) is 0 Å². The number of ether oxygens (including phenoxy) is 1. The highest BCUT2D eigenvalue weighted by Gasteiger charge is 2.16. The van der Waals surface area contributed by atoms with Crippen molar-refractivity contribution < 1.29 is 9.66 Å². The fraction of sp³-hybridized carbons (Fsp3) is 0.462. The normalized spacial score (nSPS) is 10.8. The monoisotopic (exact) mass is 263 g/mol. The van der Waals surface area contributed by atoms with Crippen LogP contribution >= 0.6 is 0 Å². The number of nitrogens with zero attached hydrogens (tertiary/aromatic N) is 2. The Balaban J connectivity index is 2.68. The molecule has 0 unspecified atom stereocenters. The Morgan fingerprint density at radius 3 is 2.68 bits per heavy atom. The first kappa shape index (κ1) is 14.9. The highest BCUT2D eigenvalue weighted by molar-refractivity contribution is 5.51. The highest BCUT2D eigenvalue weighted by atomic mass is 16.6. The van der Waals surface area contributed by atoms with Crippen LogP contribution in [0.15, 0.2) is 18.2 Å². The van der Waals surface area contributed by atoms with E-state index in [0.29, 0.717) is 13.2 Å². The van der Waals surface area contributed by atoms with Crippen molar-refractivity contribution in [2.75, 3.05) is 13.2 Å². The third-order valence-corrected chi connectivity index (χ3v) is 2.30. The van der Waals surface area contributed by atoms with Gasteiger partial charge >= 0.3 is 5.69 Å². The van der Waals surface area contributed by atoms with Gasteiger partial charge in [0.2, 0.25) is 0 Å². The van der Waals surface area contributed by atoms with Crippen LogP contribution in [-0.4, -0.2) is 23.6 Å². The second-order valence-corrected chi connectivity index (χ2v) is 5.08. The second kappa shape index (κ2) is 6.16. The molecular formula is C13H17N3O3. The summed E-state index contributed by atoms with van der Waals surface area (Å²) in [7, 11) is 0. The summed E-state index contributed by atoms with van der Waals surface area (Å²) in [6, 6.07) is 6.03. The third-order valence-electron chi connectivity index (χ3n) is 2.30. The van der Waals surface area contributed by atoms with Crippen molar-refractivity contribution in [3.63, 3.8) is 0 Å². The zero-order valence-electron chi connectivity index (χ0n) is 11.3. The molecule has 0 saturated heterocycles. The zero-order valence-corrected chi connectivity index (χ0v) is 11.3. The lowest BCUT2D eigenvalue weighted by atomic mass is 10.1. The minimum atomic E-state index is -0.548. The van der Waals surface area contributed by atoms with Gasteiger partial charge in [0, 0.05) is 18.2 Å². The molecule has 0 aliphatic rings. The van der Waals surface area contributed by atoms with Gasteiger partial charge < -0.3 is 10.1 Å². The lowest BCUT2D eigenvalue weighted by molar-refractivity contribution is -0.385. The Hall–Kier alpha value is -2.13. The molecule has 0 atom stereocenters. The standard InChI is InChI=1S/C13H17N3O3/c1-13(2,3)15-6-7-19-12-5-4-10(9-14)8-11(12)16(17)18/h4-5,8,15H,6-7H2,1-3H3. The maximum atomic E-state index is 10.9. The lowest BCUT2D eigenvalue weighted by Gasteiger charge is -2.20. The molecule has 0 aliphatic carbocycles. The molecule has 1 aromatic carbocycles. The summed E-state index contributed by atoms with van der Waals surface area (Å²) in [4.78, 5) is 10.3. The first-order valence-corrected chi connectivity index (χ1v) is 5.90. The van der Waals surface area contributed by atoms with Crippen LogP contribution in [0.3, 0.4) is 0 Å². The number of nitro benzene ring substituents is 1. The molecule has 6 nitrogen and oxygen atoms in total. The smallest absolute Gasteiger partial charge is 0.312 e. The molecule has 0 heterocycles. The molecule has 19 heavy (non-hydrogen) atoms. The van der Waals surface area contributed by atoms with Gasteiger partial charge in [-0.15, -0.1) is 0 Å².